The summed E-state index contributed by atoms with van der Waals surface area (Å²) in [5, 5.41) is 10.7. The molecule has 0 unspecified atom stereocenters. The Kier molecular flexibility index (Phi) is 2.49. The van der Waals surface area contributed by atoms with E-state index in [0.29, 0.717) is 10.8 Å². The van der Waals surface area contributed by atoms with Crippen molar-refractivity contribution in [1.29, 1.82) is 0 Å². The van der Waals surface area contributed by atoms with Crippen molar-refractivity contribution in [3.8, 4) is 15.6 Å². The standard InChI is InChI=1S/C12H13NOS/c1-7-4-5-8(2)10(6-7)11-13-9(3)12(14)15-11/h4-6,14H,1-3H3. The van der Waals surface area contributed by atoms with Crippen LogP contribution in [-0.2, 0) is 0 Å². The zero-order valence-electron chi connectivity index (χ0n) is 9.03. The molecular weight excluding hydrogens is 206 g/mol. The molecule has 0 fully saturated rings. The van der Waals surface area contributed by atoms with E-state index in [4.69, 9.17) is 0 Å². The average Bonchev–Trinajstić information content (AvgIpc) is 2.51. The number of aryl methyl sites for hydroxylation is 3. The molecule has 0 bridgehead atoms. The molecule has 0 radical (unpaired) electrons. The highest BCUT2D eigenvalue weighted by molar-refractivity contribution is 7.16. The van der Waals surface area contributed by atoms with Crippen molar-refractivity contribution >= 4 is 11.3 Å². The minimum absolute atomic E-state index is 0.311. The summed E-state index contributed by atoms with van der Waals surface area (Å²) in [6.07, 6.45) is 0. The lowest BCUT2D eigenvalue weighted by Crippen LogP contribution is -1.84. The predicted octanol–water partition coefficient (Wildman–Crippen LogP) is 3.44. The molecule has 0 saturated heterocycles. The van der Waals surface area contributed by atoms with Crippen LogP contribution >= 0.6 is 11.3 Å². The van der Waals surface area contributed by atoms with Crippen LogP contribution < -0.4 is 0 Å². The third kappa shape index (κ3) is 1.88. The topological polar surface area (TPSA) is 33.1 Å². The first-order valence-electron chi connectivity index (χ1n) is 4.82. The van der Waals surface area contributed by atoms with Gasteiger partial charge in [-0.2, -0.15) is 0 Å². The highest BCUT2D eigenvalue weighted by Gasteiger charge is 2.10. The summed E-state index contributed by atoms with van der Waals surface area (Å²) in [7, 11) is 0. The normalized spacial score (nSPS) is 10.6. The van der Waals surface area contributed by atoms with Crippen LogP contribution in [0.5, 0.6) is 5.06 Å². The second kappa shape index (κ2) is 3.66. The summed E-state index contributed by atoms with van der Waals surface area (Å²) in [4.78, 5) is 4.35. The molecule has 1 aromatic carbocycles. The summed E-state index contributed by atoms with van der Waals surface area (Å²) in [5.74, 6) is 0. The molecule has 0 aliphatic heterocycles. The Morgan fingerprint density at radius 3 is 2.53 bits per heavy atom. The molecule has 0 aliphatic rings. The lowest BCUT2D eigenvalue weighted by molar-refractivity contribution is 0.485. The van der Waals surface area contributed by atoms with Gasteiger partial charge in [0.05, 0.1) is 5.69 Å². The average molecular weight is 219 g/mol. The molecule has 15 heavy (non-hydrogen) atoms. The number of hydrogen-bond donors (Lipinski definition) is 1. The smallest absolute Gasteiger partial charge is 0.195 e. The molecule has 0 saturated carbocycles. The zero-order chi connectivity index (χ0) is 11.0. The van der Waals surface area contributed by atoms with E-state index in [-0.39, 0.29) is 0 Å². The van der Waals surface area contributed by atoms with Gasteiger partial charge < -0.3 is 5.11 Å². The van der Waals surface area contributed by atoms with Crippen molar-refractivity contribution < 1.29 is 5.11 Å². The fraction of sp³-hybridized carbons (Fsp3) is 0.250. The fourth-order valence-corrected chi connectivity index (χ4v) is 2.36. The fourth-order valence-electron chi connectivity index (χ4n) is 1.47. The van der Waals surface area contributed by atoms with Gasteiger partial charge in [0, 0.05) is 5.56 Å². The predicted molar refractivity (Wildman–Crippen MR) is 63.4 cm³/mol. The Bertz CT molecular complexity index is 483. The molecule has 0 spiro atoms. The quantitative estimate of drug-likeness (QED) is 0.797. The molecule has 1 aromatic heterocycles. The summed E-state index contributed by atoms with van der Waals surface area (Å²) in [5.41, 5.74) is 4.22. The summed E-state index contributed by atoms with van der Waals surface area (Å²) >= 11 is 1.33. The number of rotatable bonds is 1. The molecule has 2 aromatic rings. The molecule has 78 valence electrons. The van der Waals surface area contributed by atoms with Crippen molar-refractivity contribution in [2.24, 2.45) is 0 Å². The van der Waals surface area contributed by atoms with Gasteiger partial charge in [-0.1, -0.05) is 29.0 Å². The number of nitrogens with zero attached hydrogens (tertiary/aromatic N) is 1. The first-order chi connectivity index (χ1) is 7.08. The Labute approximate surface area is 93.2 Å². The summed E-state index contributed by atoms with van der Waals surface area (Å²) in [6, 6.07) is 6.27. The van der Waals surface area contributed by atoms with E-state index < -0.39 is 0 Å². The molecule has 1 N–H and O–H groups in total. The molecular formula is C12H13NOS. The minimum atomic E-state index is 0.311. The lowest BCUT2D eigenvalue weighted by atomic mass is 10.1. The number of hydrogen-bond acceptors (Lipinski definition) is 3. The van der Waals surface area contributed by atoms with E-state index in [9.17, 15) is 5.11 Å². The van der Waals surface area contributed by atoms with E-state index in [0.717, 1.165) is 10.6 Å². The molecule has 0 atom stereocenters. The largest absolute Gasteiger partial charge is 0.498 e. The molecule has 0 amide bonds. The maximum Gasteiger partial charge on any atom is 0.195 e. The summed E-state index contributed by atoms with van der Waals surface area (Å²) in [6.45, 7) is 5.94. The van der Waals surface area contributed by atoms with Crippen LogP contribution in [0.1, 0.15) is 16.8 Å². The van der Waals surface area contributed by atoms with Crippen molar-refractivity contribution in [1.82, 2.24) is 4.98 Å². The Hall–Kier alpha value is -1.35. The Morgan fingerprint density at radius 1 is 1.20 bits per heavy atom. The van der Waals surface area contributed by atoms with Gasteiger partial charge in [0.15, 0.2) is 5.06 Å². The Balaban J connectivity index is 2.58. The van der Waals surface area contributed by atoms with Gasteiger partial charge in [-0.25, -0.2) is 4.98 Å². The van der Waals surface area contributed by atoms with Gasteiger partial charge in [0.2, 0.25) is 0 Å². The van der Waals surface area contributed by atoms with E-state index in [1.54, 1.807) is 0 Å². The van der Waals surface area contributed by atoms with Crippen molar-refractivity contribution in [2.75, 3.05) is 0 Å². The molecule has 3 heteroatoms. The van der Waals surface area contributed by atoms with Crippen molar-refractivity contribution in [3.05, 3.63) is 35.0 Å². The van der Waals surface area contributed by atoms with E-state index in [2.05, 4.69) is 37.0 Å². The number of aromatic hydroxyl groups is 1. The first-order valence-corrected chi connectivity index (χ1v) is 5.63. The van der Waals surface area contributed by atoms with Crippen LogP contribution in [0.15, 0.2) is 18.2 Å². The third-order valence-electron chi connectivity index (χ3n) is 2.40. The lowest BCUT2D eigenvalue weighted by Gasteiger charge is -2.02. The molecule has 2 nitrogen and oxygen atoms in total. The second-order valence-corrected chi connectivity index (χ2v) is 4.71. The van der Waals surface area contributed by atoms with E-state index >= 15 is 0 Å². The minimum Gasteiger partial charge on any atom is -0.498 e. The maximum absolute atomic E-state index is 9.52. The highest BCUT2D eigenvalue weighted by atomic mass is 32.1. The van der Waals surface area contributed by atoms with Gasteiger partial charge in [-0.3, -0.25) is 0 Å². The summed E-state index contributed by atoms with van der Waals surface area (Å²) < 4.78 is 0. The number of thiazole rings is 1. The monoisotopic (exact) mass is 219 g/mol. The van der Waals surface area contributed by atoms with Crippen molar-refractivity contribution in [2.45, 2.75) is 20.8 Å². The first kappa shape index (κ1) is 10.2. The van der Waals surface area contributed by atoms with Crippen molar-refractivity contribution in [3.63, 3.8) is 0 Å². The maximum atomic E-state index is 9.52. The van der Waals surface area contributed by atoms with Crippen LogP contribution in [0.4, 0.5) is 0 Å². The molecule has 1 heterocycles. The van der Waals surface area contributed by atoms with Crippen LogP contribution in [0.25, 0.3) is 10.6 Å². The van der Waals surface area contributed by atoms with Gasteiger partial charge >= 0.3 is 0 Å². The second-order valence-electron chi connectivity index (χ2n) is 3.73. The van der Waals surface area contributed by atoms with Crippen LogP contribution in [-0.4, -0.2) is 10.1 Å². The van der Waals surface area contributed by atoms with Gasteiger partial charge in [0.1, 0.15) is 5.01 Å². The number of aromatic nitrogens is 1. The van der Waals surface area contributed by atoms with Crippen LogP contribution in [0, 0.1) is 20.8 Å². The molecule has 0 aliphatic carbocycles. The SMILES string of the molecule is Cc1ccc(C)c(-c2nc(C)c(O)s2)c1. The van der Waals surface area contributed by atoms with Gasteiger partial charge in [0.25, 0.3) is 0 Å². The highest BCUT2D eigenvalue weighted by Crippen LogP contribution is 2.34. The molecule has 2 rings (SSSR count). The van der Waals surface area contributed by atoms with Crippen LogP contribution in [0.2, 0.25) is 0 Å². The van der Waals surface area contributed by atoms with Gasteiger partial charge in [-0.15, -0.1) is 0 Å². The Morgan fingerprint density at radius 2 is 1.93 bits per heavy atom. The van der Waals surface area contributed by atoms with Gasteiger partial charge in [-0.05, 0) is 32.4 Å². The third-order valence-corrected chi connectivity index (χ3v) is 3.39. The number of benzene rings is 1. The van der Waals surface area contributed by atoms with E-state index in [1.807, 2.05) is 6.92 Å². The van der Waals surface area contributed by atoms with E-state index in [1.165, 1.54) is 22.5 Å². The van der Waals surface area contributed by atoms with Crippen LogP contribution in [0.3, 0.4) is 0 Å². The zero-order valence-corrected chi connectivity index (χ0v) is 9.85.